The van der Waals surface area contributed by atoms with Crippen molar-refractivity contribution >= 4 is 33.7 Å². The lowest BCUT2D eigenvalue weighted by Crippen LogP contribution is -2.15. The summed E-state index contributed by atoms with van der Waals surface area (Å²) in [7, 11) is 0. The zero-order valence-corrected chi connectivity index (χ0v) is 15.4. The Labute approximate surface area is 157 Å². The largest absolute Gasteiger partial charge is 0.440 e. The summed E-state index contributed by atoms with van der Waals surface area (Å²) >= 11 is 2.88. The number of benzene rings is 1. The average molecular weight is 382 g/mol. The van der Waals surface area contributed by atoms with Crippen LogP contribution in [0.3, 0.4) is 0 Å². The van der Waals surface area contributed by atoms with Crippen molar-refractivity contribution < 1.29 is 9.21 Å². The van der Waals surface area contributed by atoms with E-state index in [2.05, 4.69) is 20.5 Å². The highest BCUT2D eigenvalue weighted by molar-refractivity contribution is 7.18. The first-order valence-corrected chi connectivity index (χ1v) is 9.57. The summed E-state index contributed by atoms with van der Waals surface area (Å²) < 4.78 is 5.67. The van der Waals surface area contributed by atoms with Crippen molar-refractivity contribution in [3.63, 3.8) is 0 Å². The van der Waals surface area contributed by atoms with E-state index < -0.39 is 0 Å². The van der Waals surface area contributed by atoms with Gasteiger partial charge in [0.15, 0.2) is 0 Å². The fraction of sp³-hybridized carbons (Fsp3) is 0.111. The van der Waals surface area contributed by atoms with E-state index in [4.69, 9.17) is 4.42 Å². The summed E-state index contributed by atoms with van der Waals surface area (Å²) in [5, 5.41) is 14.1. The minimum absolute atomic E-state index is 0.126. The van der Waals surface area contributed by atoms with Gasteiger partial charge in [-0.3, -0.25) is 4.79 Å². The number of thiophene rings is 1. The third kappa shape index (κ3) is 3.56. The van der Waals surface area contributed by atoms with Crippen molar-refractivity contribution in [2.45, 2.75) is 13.3 Å². The van der Waals surface area contributed by atoms with E-state index in [1.54, 1.807) is 11.3 Å². The summed E-state index contributed by atoms with van der Waals surface area (Å²) in [6, 6.07) is 13.6. The standard InChI is InChI=1S/C18H14N4O2S2/c1-11-13(19-16(24-11)14-8-5-9-25-14)10-15(23)20-18-22-21-17(26-18)12-6-3-2-4-7-12/h2-9H,10H2,1H3,(H,20,22,23). The van der Waals surface area contributed by atoms with Gasteiger partial charge in [-0.05, 0) is 18.4 Å². The fourth-order valence-corrected chi connectivity index (χ4v) is 3.80. The number of hydrogen-bond donors (Lipinski definition) is 1. The number of anilines is 1. The fourth-order valence-electron chi connectivity index (χ4n) is 2.38. The molecule has 0 aliphatic heterocycles. The SMILES string of the molecule is Cc1oc(-c2cccs2)nc1CC(=O)Nc1nnc(-c2ccccc2)s1. The van der Waals surface area contributed by atoms with Crippen LogP contribution in [0.4, 0.5) is 5.13 Å². The maximum absolute atomic E-state index is 12.3. The van der Waals surface area contributed by atoms with E-state index >= 15 is 0 Å². The first kappa shape index (κ1) is 16.6. The van der Waals surface area contributed by atoms with Gasteiger partial charge in [0.05, 0.1) is 17.0 Å². The molecule has 1 aromatic carbocycles. The van der Waals surface area contributed by atoms with E-state index in [0.717, 1.165) is 15.4 Å². The maximum Gasteiger partial charge on any atom is 0.236 e. The molecule has 0 fully saturated rings. The molecule has 130 valence electrons. The second-order valence-corrected chi connectivity index (χ2v) is 7.43. The van der Waals surface area contributed by atoms with Gasteiger partial charge >= 0.3 is 0 Å². The smallest absolute Gasteiger partial charge is 0.236 e. The molecule has 3 heterocycles. The number of hydrogen-bond acceptors (Lipinski definition) is 7. The summed E-state index contributed by atoms with van der Waals surface area (Å²) in [5.41, 5.74) is 1.59. The number of oxazole rings is 1. The molecule has 6 nitrogen and oxygen atoms in total. The first-order valence-electron chi connectivity index (χ1n) is 7.88. The molecule has 0 spiro atoms. The van der Waals surface area contributed by atoms with Gasteiger partial charge in [-0.1, -0.05) is 47.7 Å². The quantitative estimate of drug-likeness (QED) is 0.553. The molecular formula is C18H14N4O2S2. The van der Waals surface area contributed by atoms with E-state index in [9.17, 15) is 4.79 Å². The Morgan fingerprint density at radius 3 is 2.77 bits per heavy atom. The van der Waals surface area contributed by atoms with E-state index in [1.807, 2.05) is 54.8 Å². The van der Waals surface area contributed by atoms with E-state index in [1.165, 1.54) is 11.3 Å². The lowest BCUT2D eigenvalue weighted by Gasteiger charge is -1.98. The van der Waals surface area contributed by atoms with Gasteiger partial charge < -0.3 is 9.73 Å². The lowest BCUT2D eigenvalue weighted by molar-refractivity contribution is -0.115. The van der Waals surface area contributed by atoms with Crippen LogP contribution in [-0.2, 0) is 11.2 Å². The van der Waals surface area contributed by atoms with Crippen molar-refractivity contribution in [2.24, 2.45) is 0 Å². The van der Waals surface area contributed by atoms with Crippen LogP contribution in [0.1, 0.15) is 11.5 Å². The topological polar surface area (TPSA) is 80.9 Å². The van der Waals surface area contributed by atoms with Gasteiger partial charge in [-0.25, -0.2) is 4.98 Å². The van der Waals surface area contributed by atoms with Crippen LogP contribution < -0.4 is 5.32 Å². The van der Waals surface area contributed by atoms with Crippen molar-refractivity contribution in [3.05, 3.63) is 59.3 Å². The number of nitrogens with one attached hydrogen (secondary N) is 1. The van der Waals surface area contributed by atoms with Crippen molar-refractivity contribution in [1.29, 1.82) is 0 Å². The molecule has 26 heavy (non-hydrogen) atoms. The maximum atomic E-state index is 12.3. The molecule has 4 aromatic rings. The number of carbonyl (C=O) groups is 1. The van der Waals surface area contributed by atoms with Gasteiger partial charge in [0.25, 0.3) is 0 Å². The monoisotopic (exact) mass is 382 g/mol. The Kier molecular flexibility index (Phi) is 4.59. The van der Waals surface area contributed by atoms with Crippen molar-refractivity contribution in [3.8, 4) is 21.3 Å². The van der Waals surface area contributed by atoms with Gasteiger partial charge in [-0.2, -0.15) is 0 Å². The van der Waals surface area contributed by atoms with Crippen LogP contribution in [-0.4, -0.2) is 21.1 Å². The Balaban J connectivity index is 1.44. The molecule has 0 saturated heterocycles. The highest BCUT2D eigenvalue weighted by Crippen LogP contribution is 2.27. The van der Waals surface area contributed by atoms with Crippen molar-refractivity contribution in [2.75, 3.05) is 5.32 Å². The molecule has 4 rings (SSSR count). The highest BCUT2D eigenvalue weighted by atomic mass is 32.1. The van der Waals surface area contributed by atoms with Crippen LogP contribution in [0.2, 0.25) is 0 Å². The van der Waals surface area contributed by atoms with E-state index in [-0.39, 0.29) is 12.3 Å². The molecule has 1 amide bonds. The Hall–Kier alpha value is -2.84. The second-order valence-electron chi connectivity index (χ2n) is 5.50. The highest BCUT2D eigenvalue weighted by Gasteiger charge is 2.16. The molecule has 0 atom stereocenters. The molecule has 3 aromatic heterocycles. The number of aromatic nitrogens is 3. The molecule has 0 saturated carbocycles. The van der Waals surface area contributed by atoms with Gasteiger partial charge in [0.1, 0.15) is 10.8 Å². The minimum atomic E-state index is -0.199. The predicted molar refractivity (Wildman–Crippen MR) is 102 cm³/mol. The molecular weight excluding hydrogens is 368 g/mol. The Morgan fingerprint density at radius 1 is 1.15 bits per heavy atom. The molecule has 0 aliphatic rings. The Morgan fingerprint density at radius 2 is 2.00 bits per heavy atom. The molecule has 0 bridgehead atoms. The normalized spacial score (nSPS) is 10.8. The minimum Gasteiger partial charge on any atom is -0.440 e. The number of nitrogens with zero attached hydrogens (tertiary/aromatic N) is 3. The summed E-state index contributed by atoms with van der Waals surface area (Å²) in [5.74, 6) is 0.989. The number of rotatable bonds is 5. The number of amides is 1. The zero-order chi connectivity index (χ0) is 17.9. The summed E-state index contributed by atoms with van der Waals surface area (Å²) in [6.07, 6.45) is 0.126. The molecule has 0 unspecified atom stereocenters. The molecule has 0 aliphatic carbocycles. The van der Waals surface area contributed by atoms with Crippen LogP contribution in [0.5, 0.6) is 0 Å². The zero-order valence-electron chi connectivity index (χ0n) is 13.8. The summed E-state index contributed by atoms with van der Waals surface area (Å²) in [6.45, 7) is 1.81. The summed E-state index contributed by atoms with van der Waals surface area (Å²) in [4.78, 5) is 17.7. The molecule has 0 radical (unpaired) electrons. The molecule has 1 N–H and O–H groups in total. The first-order chi connectivity index (χ1) is 12.7. The van der Waals surface area contributed by atoms with Crippen LogP contribution in [0.15, 0.2) is 52.3 Å². The Bertz CT molecular complexity index is 1020. The lowest BCUT2D eigenvalue weighted by atomic mass is 10.2. The predicted octanol–water partition coefficient (Wildman–Crippen LogP) is 4.41. The number of aryl methyl sites for hydroxylation is 1. The van der Waals surface area contributed by atoms with E-state index in [0.29, 0.717) is 22.5 Å². The van der Waals surface area contributed by atoms with Crippen LogP contribution in [0.25, 0.3) is 21.3 Å². The van der Waals surface area contributed by atoms with Gasteiger partial charge in [0.2, 0.25) is 16.9 Å². The van der Waals surface area contributed by atoms with Crippen LogP contribution in [0, 0.1) is 6.92 Å². The third-order valence-electron chi connectivity index (χ3n) is 3.64. The van der Waals surface area contributed by atoms with Crippen molar-refractivity contribution in [1.82, 2.24) is 15.2 Å². The number of carbonyl (C=O) groups excluding carboxylic acids is 1. The molecule has 8 heteroatoms. The van der Waals surface area contributed by atoms with Gasteiger partial charge in [0, 0.05) is 5.56 Å². The average Bonchev–Trinajstić information content (AvgIpc) is 3.38. The third-order valence-corrected chi connectivity index (χ3v) is 5.39. The van der Waals surface area contributed by atoms with Gasteiger partial charge in [-0.15, -0.1) is 21.5 Å². The van der Waals surface area contributed by atoms with Crippen LogP contribution >= 0.6 is 22.7 Å². The second kappa shape index (κ2) is 7.19.